The maximum Gasteiger partial charge on any atom is 0.0642 e. The number of morpholine rings is 1. The van der Waals surface area contributed by atoms with E-state index < -0.39 is 0 Å². The van der Waals surface area contributed by atoms with Crippen LogP contribution in [0.4, 0.5) is 5.69 Å². The molecule has 0 saturated carbocycles. The molecule has 2 rings (SSSR count). The maximum atomic E-state index is 6.02. The highest BCUT2D eigenvalue weighted by Crippen LogP contribution is 2.25. The molecule has 1 fully saturated rings. The van der Waals surface area contributed by atoms with Crippen molar-refractivity contribution in [3.8, 4) is 0 Å². The molecule has 0 spiro atoms. The van der Waals surface area contributed by atoms with Crippen molar-refractivity contribution in [2.24, 2.45) is 11.5 Å². The fraction of sp³-hybridized carbons (Fsp3) is 0.500. The van der Waals surface area contributed by atoms with Gasteiger partial charge in [0.25, 0.3) is 0 Å². The summed E-state index contributed by atoms with van der Waals surface area (Å²) in [5.74, 6) is 0. The van der Waals surface area contributed by atoms with Gasteiger partial charge in [0.1, 0.15) is 0 Å². The zero-order valence-electron chi connectivity index (χ0n) is 9.43. The van der Waals surface area contributed by atoms with Gasteiger partial charge in [0.05, 0.1) is 13.2 Å². The molecule has 1 saturated heterocycles. The summed E-state index contributed by atoms with van der Waals surface area (Å²) in [5.41, 5.74) is 14.0. The van der Waals surface area contributed by atoms with E-state index in [2.05, 4.69) is 17.0 Å². The molecule has 0 aromatic heterocycles. The van der Waals surface area contributed by atoms with Crippen LogP contribution in [-0.2, 0) is 4.74 Å². The summed E-state index contributed by atoms with van der Waals surface area (Å²) in [5, 5.41) is 0. The van der Waals surface area contributed by atoms with E-state index in [0.717, 1.165) is 31.9 Å². The molecule has 0 bridgehead atoms. The van der Waals surface area contributed by atoms with Crippen molar-refractivity contribution in [1.82, 2.24) is 0 Å². The van der Waals surface area contributed by atoms with Crippen molar-refractivity contribution < 1.29 is 4.74 Å². The van der Waals surface area contributed by atoms with Gasteiger partial charge in [0.15, 0.2) is 0 Å². The second-order valence-electron chi connectivity index (χ2n) is 4.00. The van der Waals surface area contributed by atoms with Crippen LogP contribution in [0.5, 0.6) is 0 Å². The van der Waals surface area contributed by atoms with E-state index in [-0.39, 0.29) is 6.04 Å². The number of hydrogen-bond acceptors (Lipinski definition) is 4. The largest absolute Gasteiger partial charge is 0.378 e. The molecule has 4 N–H and O–H groups in total. The van der Waals surface area contributed by atoms with Crippen LogP contribution in [0.25, 0.3) is 0 Å². The average Bonchev–Trinajstić information content (AvgIpc) is 2.39. The van der Waals surface area contributed by atoms with E-state index in [1.54, 1.807) is 0 Å². The first kappa shape index (κ1) is 11.4. The zero-order valence-corrected chi connectivity index (χ0v) is 9.43. The lowest BCUT2D eigenvalue weighted by atomic mass is 10.0. The third kappa shape index (κ3) is 2.35. The lowest BCUT2D eigenvalue weighted by Gasteiger charge is -2.31. The Morgan fingerprint density at radius 1 is 1.25 bits per heavy atom. The summed E-state index contributed by atoms with van der Waals surface area (Å²) in [7, 11) is 0. The molecule has 0 radical (unpaired) electrons. The smallest absolute Gasteiger partial charge is 0.0642 e. The Morgan fingerprint density at radius 2 is 1.94 bits per heavy atom. The summed E-state index contributed by atoms with van der Waals surface area (Å²) < 4.78 is 5.35. The van der Waals surface area contributed by atoms with Crippen LogP contribution >= 0.6 is 0 Å². The summed E-state index contributed by atoms with van der Waals surface area (Å²) >= 11 is 0. The van der Waals surface area contributed by atoms with Gasteiger partial charge < -0.3 is 21.1 Å². The standard InChI is InChI=1S/C12H19N3O/c13-9-11(14)10-3-1-2-4-12(10)15-5-7-16-8-6-15/h1-4,11H,5-9,13-14H2/t11-/m1/s1. The van der Waals surface area contributed by atoms with E-state index in [0.29, 0.717) is 6.54 Å². The Bertz CT molecular complexity index is 337. The number of benzene rings is 1. The Labute approximate surface area is 96.2 Å². The number of rotatable bonds is 3. The van der Waals surface area contributed by atoms with Gasteiger partial charge in [0, 0.05) is 31.4 Å². The minimum absolute atomic E-state index is 0.0842. The predicted octanol–water partition coefficient (Wildman–Crippen LogP) is 0.482. The SMILES string of the molecule is NC[C@@H](N)c1ccccc1N1CCOCC1. The van der Waals surface area contributed by atoms with Crippen LogP contribution in [0.15, 0.2) is 24.3 Å². The van der Waals surface area contributed by atoms with Crippen molar-refractivity contribution in [3.05, 3.63) is 29.8 Å². The number of anilines is 1. The predicted molar refractivity (Wildman–Crippen MR) is 65.5 cm³/mol. The molecule has 16 heavy (non-hydrogen) atoms. The van der Waals surface area contributed by atoms with Crippen molar-refractivity contribution in [2.45, 2.75) is 6.04 Å². The van der Waals surface area contributed by atoms with Crippen LogP contribution in [0.1, 0.15) is 11.6 Å². The monoisotopic (exact) mass is 221 g/mol. The summed E-state index contributed by atoms with van der Waals surface area (Å²) in [6.45, 7) is 3.89. The highest BCUT2D eigenvalue weighted by atomic mass is 16.5. The molecule has 88 valence electrons. The van der Waals surface area contributed by atoms with Gasteiger partial charge in [-0.2, -0.15) is 0 Å². The summed E-state index contributed by atoms with van der Waals surface area (Å²) in [6.07, 6.45) is 0. The number of nitrogens with zero attached hydrogens (tertiary/aromatic N) is 1. The highest BCUT2D eigenvalue weighted by Gasteiger charge is 2.16. The molecule has 1 heterocycles. The average molecular weight is 221 g/mol. The Hall–Kier alpha value is -1.10. The van der Waals surface area contributed by atoms with Gasteiger partial charge in [-0.1, -0.05) is 18.2 Å². The number of hydrogen-bond donors (Lipinski definition) is 2. The first-order valence-electron chi connectivity index (χ1n) is 5.70. The minimum atomic E-state index is -0.0842. The first-order chi connectivity index (χ1) is 7.83. The van der Waals surface area contributed by atoms with Crippen molar-refractivity contribution in [2.75, 3.05) is 37.7 Å². The Kier molecular flexibility index (Phi) is 3.77. The molecule has 1 aliphatic rings. The molecule has 4 heteroatoms. The molecule has 1 atom stereocenters. The molecule has 1 aromatic rings. The number of para-hydroxylation sites is 1. The summed E-state index contributed by atoms with van der Waals surface area (Å²) in [4.78, 5) is 2.31. The van der Waals surface area contributed by atoms with E-state index in [4.69, 9.17) is 16.2 Å². The van der Waals surface area contributed by atoms with Crippen LogP contribution in [0.3, 0.4) is 0 Å². The van der Waals surface area contributed by atoms with Gasteiger partial charge in [0.2, 0.25) is 0 Å². The van der Waals surface area contributed by atoms with E-state index in [1.165, 1.54) is 5.69 Å². The van der Waals surface area contributed by atoms with E-state index in [9.17, 15) is 0 Å². The molecule has 0 aliphatic carbocycles. The van der Waals surface area contributed by atoms with Crippen molar-refractivity contribution in [3.63, 3.8) is 0 Å². The van der Waals surface area contributed by atoms with Crippen LogP contribution < -0.4 is 16.4 Å². The fourth-order valence-electron chi connectivity index (χ4n) is 2.02. The van der Waals surface area contributed by atoms with E-state index >= 15 is 0 Å². The minimum Gasteiger partial charge on any atom is -0.378 e. The number of nitrogens with two attached hydrogens (primary N) is 2. The summed E-state index contributed by atoms with van der Waals surface area (Å²) in [6, 6.07) is 8.13. The van der Waals surface area contributed by atoms with Gasteiger partial charge in [-0.3, -0.25) is 0 Å². The highest BCUT2D eigenvalue weighted by molar-refractivity contribution is 5.55. The van der Waals surface area contributed by atoms with Gasteiger partial charge in [-0.25, -0.2) is 0 Å². The molecule has 4 nitrogen and oxygen atoms in total. The molecule has 1 aromatic carbocycles. The van der Waals surface area contributed by atoms with Crippen LogP contribution in [-0.4, -0.2) is 32.8 Å². The molecular formula is C12H19N3O. The Morgan fingerprint density at radius 3 is 2.62 bits per heavy atom. The van der Waals surface area contributed by atoms with Gasteiger partial charge >= 0.3 is 0 Å². The number of ether oxygens (including phenoxy) is 1. The topological polar surface area (TPSA) is 64.5 Å². The molecule has 0 amide bonds. The lowest BCUT2D eigenvalue weighted by Crippen LogP contribution is -2.37. The first-order valence-corrected chi connectivity index (χ1v) is 5.70. The molecular weight excluding hydrogens is 202 g/mol. The van der Waals surface area contributed by atoms with Gasteiger partial charge in [-0.15, -0.1) is 0 Å². The second kappa shape index (κ2) is 5.30. The molecule has 1 aliphatic heterocycles. The van der Waals surface area contributed by atoms with Crippen LogP contribution in [0.2, 0.25) is 0 Å². The zero-order chi connectivity index (χ0) is 11.4. The second-order valence-corrected chi connectivity index (χ2v) is 4.00. The van der Waals surface area contributed by atoms with Gasteiger partial charge in [-0.05, 0) is 11.6 Å². The third-order valence-electron chi connectivity index (χ3n) is 2.94. The van der Waals surface area contributed by atoms with Crippen molar-refractivity contribution in [1.29, 1.82) is 0 Å². The quantitative estimate of drug-likeness (QED) is 0.779. The maximum absolute atomic E-state index is 6.02. The Balaban J connectivity index is 2.24. The van der Waals surface area contributed by atoms with Crippen molar-refractivity contribution >= 4 is 5.69 Å². The third-order valence-corrected chi connectivity index (χ3v) is 2.94. The fourth-order valence-corrected chi connectivity index (χ4v) is 2.02. The van der Waals surface area contributed by atoms with E-state index in [1.807, 2.05) is 12.1 Å². The van der Waals surface area contributed by atoms with Crippen LogP contribution in [0, 0.1) is 0 Å². The molecule has 0 unspecified atom stereocenters. The lowest BCUT2D eigenvalue weighted by molar-refractivity contribution is 0.122. The normalized spacial score (nSPS) is 18.5.